The monoisotopic (exact) mass is 295 g/mol. The first kappa shape index (κ1) is 17.6. The summed E-state index contributed by atoms with van der Waals surface area (Å²) in [5, 5.41) is 3.07. The van der Waals surface area contributed by atoms with Crippen molar-refractivity contribution in [2.75, 3.05) is 27.7 Å². The van der Waals surface area contributed by atoms with E-state index >= 15 is 0 Å². The van der Waals surface area contributed by atoms with Crippen LogP contribution in [0.2, 0.25) is 0 Å². The van der Waals surface area contributed by atoms with Crippen molar-refractivity contribution in [1.82, 2.24) is 15.1 Å². The zero-order valence-electron chi connectivity index (χ0n) is 14.4. The molecule has 0 radical (unpaired) electrons. The lowest BCUT2D eigenvalue weighted by Gasteiger charge is -2.35. The van der Waals surface area contributed by atoms with Gasteiger partial charge >= 0.3 is 6.03 Å². The summed E-state index contributed by atoms with van der Waals surface area (Å²) in [6, 6.07) is 3.80. The number of hydrogen-bond acceptors (Lipinski definition) is 3. The van der Waals surface area contributed by atoms with E-state index in [2.05, 4.69) is 24.1 Å². The fourth-order valence-electron chi connectivity index (χ4n) is 2.32. The molecule has 0 bridgehead atoms. The van der Waals surface area contributed by atoms with Crippen LogP contribution in [-0.2, 0) is 6.54 Å². The van der Waals surface area contributed by atoms with Gasteiger partial charge in [0.05, 0.1) is 6.54 Å². The summed E-state index contributed by atoms with van der Waals surface area (Å²) in [5.74, 6) is 1.66. The lowest BCUT2D eigenvalue weighted by molar-refractivity contribution is 0.163. The first-order valence-corrected chi connectivity index (χ1v) is 7.33. The Hall–Kier alpha value is -1.49. The van der Waals surface area contributed by atoms with E-state index in [1.54, 1.807) is 11.9 Å². The van der Waals surface area contributed by atoms with Crippen molar-refractivity contribution in [3.63, 3.8) is 0 Å². The van der Waals surface area contributed by atoms with Gasteiger partial charge in [-0.2, -0.15) is 0 Å². The van der Waals surface area contributed by atoms with Crippen molar-refractivity contribution in [3.05, 3.63) is 23.7 Å². The van der Waals surface area contributed by atoms with Crippen LogP contribution in [0, 0.1) is 12.3 Å². The fourth-order valence-corrected chi connectivity index (χ4v) is 2.32. The number of carbonyl (C=O) groups is 1. The standard InChI is InChI=1S/C16H29N3O2/c1-12-8-9-14(21-12)10-19(7)15(20)17-13(2)16(3,4)11-18(5)6/h8-9,13H,10-11H2,1-7H3,(H,17,20). The van der Waals surface area contributed by atoms with Crippen LogP contribution >= 0.6 is 0 Å². The molecule has 1 unspecified atom stereocenters. The molecule has 1 N–H and O–H groups in total. The second-order valence-corrected chi connectivity index (χ2v) is 6.77. The van der Waals surface area contributed by atoms with Crippen LogP contribution in [-0.4, -0.2) is 49.6 Å². The van der Waals surface area contributed by atoms with Crippen LogP contribution in [0.1, 0.15) is 32.3 Å². The van der Waals surface area contributed by atoms with E-state index in [0.717, 1.165) is 18.1 Å². The molecule has 0 fully saturated rings. The zero-order valence-corrected chi connectivity index (χ0v) is 14.4. The molecule has 1 atom stereocenters. The van der Waals surface area contributed by atoms with Gasteiger partial charge in [-0.3, -0.25) is 0 Å². The number of carbonyl (C=O) groups excluding carboxylic acids is 1. The van der Waals surface area contributed by atoms with Gasteiger partial charge in [-0.1, -0.05) is 13.8 Å². The van der Waals surface area contributed by atoms with Crippen molar-refractivity contribution < 1.29 is 9.21 Å². The van der Waals surface area contributed by atoms with Crippen molar-refractivity contribution in [3.8, 4) is 0 Å². The van der Waals surface area contributed by atoms with E-state index in [-0.39, 0.29) is 17.5 Å². The van der Waals surface area contributed by atoms with E-state index in [9.17, 15) is 4.79 Å². The molecule has 0 aromatic carbocycles. The third-order valence-electron chi connectivity index (χ3n) is 3.77. The predicted octanol–water partition coefficient (Wildman–Crippen LogP) is 2.71. The molecule has 0 aliphatic carbocycles. The number of amides is 2. The minimum Gasteiger partial charge on any atom is -0.464 e. The highest BCUT2D eigenvalue weighted by Crippen LogP contribution is 2.21. The molecule has 21 heavy (non-hydrogen) atoms. The molecule has 0 aliphatic rings. The van der Waals surface area contributed by atoms with E-state index in [0.29, 0.717) is 6.54 Å². The quantitative estimate of drug-likeness (QED) is 0.878. The van der Waals surface area contributed by atoms with Gasteiger partial charge < -0.3 is 19.5 Å². The van der Waals surface area contributed by atoms with E-state index in [1.807, 2.05) is 40.1 Å². The largest absolute Gasteiger partial charge is 0.464 e. The highest BCUT2D eigenvalue weighted by molar-refractivity contribution is 5.74. The van der Waals surface area contributed by atoms with Crippen molar-refractivity contribution in [2.24, 2.45) is 5.41 Å². The number of nitrogens with one attached hydrogen (secondary N) is 1. The highest BCUT2D eigenvalue weighted by Gasteiger charge is 2.28. The van der Waals surface area contributed by atoms with Gasteiger partial charge in [0.1, 0.15) is 11.5 Å². The lowest BCUT2D eigenvalue weighted by Crippen LogP contribution is -2.50. The minimum atomic E-state index is -0.0802. The van der Waals surface area contributed by atoms with Gasteiger partial charge in [0.15, 0.2) is 0 Å². The second kappa shape index (κ2) is 6.98. The van der Waals surface area contributed by atoms with Gasteiger partial charge in [0, 0.05) is 19.6 Å². The smallest absolute Gasteiger partial charge is 0.317 e. The number of rotatable bonds is 6. The number of nitrogens with zero attached hydrogens (tertiary/aromatic N) is 2. The number of urea groups is 1. The Morgan fingerprint density at radius 3 is 2.43 bits per heavy atom. The predicted molar refractivity (Wildman–Crippen MR) is 85.2 cm³/mol. The summed E-state index contributed by atoms with van der Waals surface area (Å²) in [7, 11) is 5.86. The number of hydrogen-bond donors (Lipinski definition) is 1. The molecule has 1 heterocycles. The van der Waals surface area contributed by atoms with E-state index < -0.39 is 0 Å². The Morgan fingerprint density at radius 1 is 1.33 bits per heavy atom. The van der Waals surface area contributed by atoms with Gasteiger partial charge in [-0.25, -0.2) is 4.79 Å². The van der Waals surface area contributed by atoms with Crippen molar-refractivity contribution in [1.29, 1.82) is 0 Å². The molecule has 1 aromatic heterocycles. The molecule has 5 nitrogen and oxygen atoms in total. The van der Waals surface area contributed by atoms with Gasteiger partial charge in [0.2, 0.25) is 0 Å². The molecule has 0 spiro atoms. The summed E-state index contributed by atoms with van der Waals surface area (Å²) in [6.45, 7) is 9.65. The molecular weight excluding hydrogens is 266 g/mol. The normalized spacial score (nSPS) is 13.3. The maximum absolute atomic E-state index is 12.3. The first-order chi connectivity index (χ1) is 9.61. The first-order valence-electron chi connectivity index (χ1n) is 7.33. The second-order valence-electron chi connectivity index (χ2n) is 6.77. The summed E-state index contributed by atoms with van der Waals surface area (Å²) in [4.78, 5) is 16.0. The van der Waals surface area contributed by atoms with Gasteiger partial charge in [0.25, 0.3) is 0 Å². The minimum absolute atomic E-state index is 0.00126. The zero-order chi connectivity index (χ0) is 16.2. The maximum atomic E-state index is 12.3. The Morgan fingerprint density at radius 2 is 1.95 bits per heavy atom. The van der Waals surface area contributed by atoms with Crippen LogP contribution in [0.15, 0.2) is 16.5 Å². The average Bonchev–Trinajstić information content (AvgIpc) is 2.72. The SMILES string of the molecule is Cc1ccc(CN(C)C(=O)NC(C)C(C)(C)CN(C)C)o1. The van der Waals surface area contributed by atoms with Crippen molar-refractivity contribution >= 4 is 6.03 Å². The summed E-state index contributed by atoms with van der Waals surface area (Å²) >= 11 is 0. The lowest BCUT2D eigenvalue weighted by atomic mass is 9.85. The molecule has 5 heteroatoms. The fraction of sp³-hybridized carbons (Fsp3) is 0.688. The van der Waals surface area contributed by atoms with Crippen molar-refractivity contribution in [2.45, 2.75) is 40.3 Å². The summed E-state index contributed by atoms with van der Waals surface area (Å²) in [6.07, 6.45) is 0. The molecule has 0 saturated heterocycles. The molecule has 0 saturated carbocycles. The Labute approximate surface area is 128 Å². The van der Waals surface area contributed by atoms with Crippen LogP contribution in [0.25, 0.3) is 0 Å². The van der Waals surface area contributed by atoms with Crippen LogP contribution in [0.4, 0.5) is 4.79 Å². The topological polar surface area (TPSA) is 48.7 Å². The summed E-state index contributed by atoms with van der Waals surface area (Å²) < 4.78 is 5.50. The number of furan rings is 1. The van der Waals surface area contributed by atoms with Crippen LogP contribution < -0.4 is 5.32 Å². The maximum Gasteiger partial charge on any atom is 0.317 e. The van der Waals surface area contributed by atoms with E-state index in [4.69, 9.17) is 4.42 Å². The molecule has 1 aromatic rings. The Kier molecular flexibility index (Phi) is 5.84. The van der Waals surface area contributed by atoms with E-state index in [1.165, 1.54) is 0 Å². The summed E-state index contributed by atoms with van der Waals surface area (Å²) in [5.41, 5.74) is 0.00126. The average molecular weight is 295 g/mol. The molecule has 0 aliphatic heterocycles. The number of aryl methyl sites for hydroxylation is 1. The third kappa shape index (κ3) is 5.42. The van der Waals surface area contributed by atoms with Gasteiger partial charge in [-0.05, 0) is 45.5 Å². The molecule has 2 amide bonds. The van der Waals surface area contributed by atoms with Gasteiger partial charge in [-0.15, -0.1) is 0 Å². The Balaban J connectivity index is 2.55. The molecule has 120 valence electrons. The van der Waals surface area contributed by atoms with Crippen LogP contribution in [0.5, 0.6) is 0 Å². The Bertz CT molecular complexity index is 466. The van der Waals surface area contributed by atoms with Crippen LogP contribution in [0.3, 0.4) is 0 Å². The third-order valence-corrected chi connectivity index (χ3v) is 3.77. The molecular formula is C16H29N3O2. The highest BCUT2D eigenvalue weighted by atomic mass is 16.3. The molecule has 1 rings (SSSR count).